The van der Waals surface area contributed by atoms with E-state index >= 15 is 0 Å². The molecule has 32 heavy (non-hydrogen) atoms. The predicted octanol–water partition coefficient (Wildman–Crippen LogP) is 3.25. The Hall–Kier alpha value is -3.68. The molecule has 0 spiro atoms. The Morgan fingerprint density at radius 3 is 2.34 bits per heavy atom. The lowest BCUT2D eigenvalue weighted by Gasteiger charge is -2.29. The van der Waals surface area contributed by atoms with Crippen molar-refractivity contribution < 1.29 is 4.79 Å². The molecule has 0 bridgehead atoms. The summed E-state index contributed by atoms with van der Waals surface area (Å²) >= 11 is 0. The number of hydrogen-bond acceptors (Lipinski definition) is 4. The molecule has 164 valence electrons. The lowest BCUT2D eigenvalue weighted by Crippen LogP contribution is -2.42. The van der Waals surface area contributed by atoms with E-state index < -0.39 is 6.04 Å². The Kier molecular flexibility index (Phi) is 5.13. The number of aryl methyl sites for hydroxylation is 1. The Morgan fingerprint density at radius 1 is 0.969 bits per heavy atom. The summed E-state index contributed by atoms with van der Waals surface area (Å²) in [4.78, 5) is 28.7. The van der Waals surface area contributed by atoms with Crippen LogP contribution in [0.4, 0.5) is 0 Å². The van der Waals surface area contributed by atoms with Gasteiger partial charge in [0.1, 0.15) is 16.9 Å². The lowest BCUT2D eigenvalue weighted by molar-refractivity contribution is -0.135. The highest BCUT2D eigenvalue weighted by Gasteiger charge is 2.28. The summed E-state index contributed by atoms with van der Waals surface area (Å²) in [5.74, 6) is 0.578. The molecule has 4 aromatic rings. The van der Waals surface area contributed by atoms with Crippen molar-refractivity contribution in [3.8, 4) is 11.5 Å². The number of likely N-dealkylation sites (tertiary alicyclic amines) is 1. The standard InChI is InChI=1S/C24H26N6O2/c1-17-21-20(24(32)29(25-17)18(2)23(31)28-15-7-4-8-16-28)22(27-13-9-10-14-27)30(26-21)19-11-5-3-6-12-19/h3,5-6,9-14,18H,4,7-8,15-16H2,1-2H3/t18-/m0/s1. The molecule has 3 aromatic heterocycles. The van der Waals surface area contributed by atoms with E-state index in [1.807, 2.05) is 71.2 Å². The van der Waals surface area contributed by atoms with Gasteiger partial charge in [-0.1, -0.05) is 18.2 Å². The van der Waals surface area contributed by atoms with Gasteiger partial charge in [-0.2, -0.15) is 10.2 Å². The highest BCUT2D eigenvalue weighted by atomic mass is 16.2. The molecule has 1 atom stereocenters. The number of benzene rings is 1. The zero-order valence-electron chi connectivity index (χ0n) is 18.3. The second-order valence-corrected chi connectivity index (χ2v) is 8.28. The Bertz CT molecular complexity index is 1310. The fraction of sp³-hybridized carbons (Fsp3) is 0.333. The Labute approximate surface area is 185 Å². The van der Waals surface area contributed by atoms with E-state index in [2.05, 4.69) is 5.10 Å². The van der Waals surface area contributed by atoms with Crippen molar-refractivity contribution in [2.45, 2.75) is 39.2 Å². The van der Waals surface area contributed by atoms with Crippen LogP contribution in [0.15, 0.2) is 59.7 Å². The van der Waals surface area contributed by atoms with Crippen LogP contribution in [0.25, 0.3) is 22.4 Å². The molecule has 1 fully saturated rings. The normalized spacial score (nSPS) is 15.2. The quantitative estimate of drug-likeness (QED) is 0.498. The Balaban J connectivity index is 1.71. The summed E-state index contributed by atoms with van der Waals surface area (Å²) in [6.07, 6.45) is 6.91. The third kappa shape index (κ3) is 3.32. The van der Waals surface area contributed by atoms with Crippen molar-refractivity contribution in [2.75, 3.05) is 13.1 Å². The average Bonchev–Trinajstić information content (AvgIpc) is 3.50. The molecular formula is C24H26N6O2. The molecule has 1 amide bonds. The SMILES string of the molecule is Cc1nn([C@@H](C)C(=O)N2CCCCC2)c(=O)c2c(-n3cccc3)n(-c3ccccc3)nc12. The molecule has 1 aliphatic heterocycles. The van der Waals surface area contributed by atoms with Gasteiger partial charge in [0.25, 0.3) is 5.56 Å². The van der Waals surface area contributed by atoms with Crippen LogP contribution in [-0.2, 0) is 4.79 Å². The number of fused-ring (bicyclic) bond motifs is 1. The summed E-state index contributed by atoms with van der Waals surface area (Å²) in [5, 5.41) is 9.73. The van der Waals surface area contributed by atoms with E-state index in [9.17, 15) is 9.59 Å². The van der Waals surface area contributed by atoms with Crippen molar-refractivity contribution in [1.29, 1.82) is 0 Å². The first kappa shape index (κ1) is 20.2. The molecule has 4 heterocycles. The second-order valence-electron chi connectivity index (χ2n) is 8.28. The fourth-order valence-corrected chi connectivity index (χ4v) is 4.44. The van der Waals surface area contributed by atoms with Gasteiger partial charge in [-0.25, -0.2) is 9.36 Å². The van der Waals surface area contributed by atoms with Crippen molar-refractivity contribution in [3.63, 3.8) is 0 Å². The van der Waals surface area contributed by atoms with Gasteiger partial charge in [0.05, 0.1) is 11.4 Å². The van der Waals surface area contributed by atoms with Gasteiger partial charge in [0, 0.05) is 25.5 Å². The zero-order chi connectivity index (χ0) is 22.2. The topological polar surface area (TPSA) is 78.0 Å². The number of nitrogens with zero attached hydrogens (tertiary/aromatic N) is 6. The molecule has 0 unspecified atom stereocenters. The number of carbonyl (C=O) groups excluding carboxylic acids is 1. The monoisotopic (exact) mass is 430 g/mol. The van der Waals surface area contributed by atoms with Crippen molar-refractivity contribution in [1.82, 2.24) is 29.0 Å². The minimum atomic E-state index is -0.679. The van der Waals surface area contributed by atoms with E-state index in [0.29, 0.717) is 22.4 Å². The summed E-state index contributed by atoms with van der Waals surface area (Å²) in [7, 11) is 0. The van der Waals surface area contributed by atoms with Crippen molar-refractivity contribution in [3.05, 3.63) is 70.9 Å². The molecule has 0 N–H and O–H groups in total. The van der Waals surface area contributed by atoms with E-state index in [1.54, 1.807) is 11.6 Å². The van der Waals surface area contributed by atoms with Crippen molar-refractivity contribution >= 4 is 16.8 Å². The largest absolute Gasteiger partial charge is 0.341 e. The lowest BCUT2D eigenvalue weighted by atomic mass is 10.1. The number of rotatable bonds is 4. The first-order chi connectivity index (χ1) is 15.6. The Morgan fingerprint density at radius 2 is 1.66 bits per heavy atom. The first-order valence-corrected chi connectivity index (χ1v) is 11.1. The second kappa shape index (κ2) is 8.11. The average molecular weight is 431 g/mol. The molecular weight excluding hydrogens is 404 g/mol. The molecule has 1 aliphatic rings. The van der Waals surface area contributed by atoms with Gasteiger partial charge in [0.15, 0.2) is 5.82 Å². The van der Waals surface area contributed by atoms with Gasteiger partial charge >= 0.3 is 0 Å². The van der Waals surface area contributed by atoms with Gasteiger partial charge in [-0.05, 0) is 57.4 Å². The smallest absolute Gasteiger partial charge is 0.280 e. The van der Waals surface area contributed by atoms with Crippen LogP contribution in [0.2, 0.25) is 0 Å². The summed E-state index contributed by atoms with van der Waals surface area (Å²) in [5.41, 5.74) is 1.68. The number of aromatic nitrogens is 5. The minimum absolute atomic E-state index is 0.0592. The highest BCUT2D eigenvalue weighted by Crippen LogP contribution is 2.25. The van der Waals surface area contributed by atoms with E-state index in [1.165, 1.54) is 4.68 Å². The number of carbonyl (C=O) groups is 1. The predicted molar refractivity (Wildman–Crippen MR) is 122 cm³/mol. The van der Waals surface area contributed by atoms with Crippen LogP contribution in [0, 0.1) is 6.92 Å². The van der Waals surface area contributed by atoms with E-state index in [-0.39, 0.29) is 11.5 Å². The molecule has 8 heteroatoms. The van der Waals surface area contributed by atoms with E-state index in [4.69, 9.17) is 5.10 Å². The molecule has 1 saturated heterocycles. The maximum Gasteiger partial charge on any atom is 0.280 e. The summed E-state index contributed by atoms with van der Waals surface area (Å²) in [6, 6.07) is 12.8. The molecule has 8 nitrogen and oxygen atoms in total. The summed E-state index contributed by atoms with van der Waals surface area (Å²) in [6.45, 7) is 5.06. The van der Waals surface area contributed by atoms with Gasteiger partial charge < -0.3 is 9.47 Å². The minimum Gasteiger partial charge on any atom is -0.341 e. The third-order valence-electron chi connectivity index (χ3n) is 6.13. The van der Waals surface area contributed by atoms with Gasteiger partial charge in [-0.15, -0.1) is 0 Å². The maximum absolute atomic E-state index is 13.7. The van der Waals surface area contributed by atoms with Crippen LogP contribution >= 0.6 is 0 Å². The molecule has 0 radical (unpaired) electrons. The first-order valence-electron chi connectivity index (χ1n) is 11.1. The maximum atomic E-state index is 13.7. The zero-order valence-corrected chi connectivity index (χ0v) is 18.3. The number of para-hydroxylation sites is 1. The third-order valence-corrected chi connectivity index (χ3v) is 6.13. The molecule has 0 saturated carbocycles. The summed E-state index contributed by atoms with van der Waals surface area (Å²) < 4.78 is 4.98. The van der Waals surface area contributed by atoms with Crippen LogP contribution in [0.3, 0.4) is 0 Å². The van der Waals surface area contributed by atoms with E-state index in [0.717, 1.165) is 38.0 Å². The van der Waals surface area contributed by atoms with Gasteiger partial charge in [-0.3, -0.25) is 9.59 Å². The fourth-order valence-electron chi connectivity index (χ4n) is 4.44. The van der Waals surface area contributed by atoms with Crippen molar-refractivity contribution in [2.24, 2.45) is 0 Å². The van der Waals surface area contributed by atoms with Crippen LogP contribution in [-0.4, -0.2) is 48.0 Å². The number of hydrogen-bond donors (Lipinski definition) is 0. The van der Waals surface area contributed by atoms with Gasteiger partial charge in [0.2, 0.25) is 5.91 Å². The number of piperidine rings is 1. The van der Waals surface area contributed by atoms with Crippen LogP contribution in [0.1, 0.15) is 37.9 Å². The highest BCUT2D eigenvalue weighted by molar-refractivity contribution is 5.88. The van der Waals surface area contributed by atoms with Crippen LogP contribution < -0.4 is 5.56 Å². The molecule has 0 aliphatic carbocycles. The van der Waals surface area contributed by atoms with Crippen LogP contribution in [0.5, 0.6) is 0 Å². The molecule has 1 aromatic carbocycles. The molecule has 5 rings (SSSR count). The number of amides is 1.